The Bertz CT molecular complexity index is 494. The second kappa shape index (κ2) is 8.71. The van der Waals surface area contributed by atoms with E-state index in [0.29, 0.717) is 0 Å². The van der Waals surface area contributed by atoms with Gasteiger partial charge >= 0.3 is 17.1 Å². The van der Waals surface area contributed by atoms with Gasteiger partial charge in [0.2, 0.25) is 0 Å². The summed E-state index contributed by atoms with van der Waals surface area (Å²) in [6.45, 7) is 2.34. The molecule has 0 amide bonds. The Morgan fingerprint density at radius 1 is 0.789 bits per heavy atom. The first-order valence-corrected chi connectivity index (χ1v) is 8.15. The first-order chi connectivity index (χ1) is 8.88. The molecule has 3 rings (SSSR count). The van der Waals surface area contributed by atoms with Crippen LogP contribution in [0.5, 0.6) is 0 Å². The third-order valence-corrected chi connectivity index (χ3v) is 5.26. The molecular weight excluding hydrogens is 288 g/mol. The second-order valence-corrected chi connectivity index (χ2v) is 6.53. The molecule has 3 aromatic rings. The average molecular weight is 305 g/mol. The normalized spacial score (nSPS) is 9.37. The van der Waals surface area contributed by atoms with Crippen molar-refractivity contribution in [3.8, 4) is 0 Å². The number of benzene rings is 1. The van der Waals surface area contributed by atoms with E-state index in [9.17, 15) is 0 Å². The Labute approximate surface area is 127 Å². The van der Waals surface area contributed by atoms with Crippen LogP contribution in [0.4, 0.5) is 0 Å². The van der Waals surface area contributed by atoms with Crippen molar-refractivity contribution in [2.75, 3.05) is 0 Å². The standard InChI is InChI=1S/C12H12Si.C5H5.Fe/c1-13(12-9-5-6-10-12)11-7-3-2-4-8-11;1-2-4-5-3-1;/h2-10H,1H3;1-5H;/q2*-1;+2. The molecule has 2 heteroatoms. The summed E-state index contributed by atoms with van der Waals surface area (Å²) in [7, 11) is -0.502. The first-order valence-electron chi connectivity index (χ1n) is 6.15. The van der Waals surface area contributed by atoms with Gasteiger partial charge < -0.3 is 0 Å². The molecule has 0 bridgehead atoms. The van der Waals surface area contributed by atoms with E-state index in [4.69, 9.17) is 0 Å². The third kappa shape index (κ3) is 5.04. The van der Waals surface area contributed by atoms with Crippen LogP contribution < -0.4 is 10.4 Å². The van der Waals surface area contributed by atoms with Crippen LogP contribution in [0.2, 0.25) is 6.55 Å². The van der Waals surface area contributed by atoms with Crippen LogP contribution >= 0.6 is 0 Å². The van der Waals surface area contributed by atoms with Gasteiger partial charge in [0.25, 0.3) is 0 Å². The van der Waals surface area contributed by atoms with Crippen molar-refractivity contribution >= 4 is 19.2 Å². The summed E-state index contributed by atoms with van der Waals surface area (Å²) in [5, 5.41) is 2.98. The maximum atomic E-state index is 2.34. The van der Waals surface area contributed by atoms with Crippen molar-refractivity contribution in [3.05, 3.63) is 84.9 Å². The van der Waals surface area contributed by atoms with E-state index in [1.165, 1.54) is 10.4 Å². The monoisotopic (exact) mass is 305 g/mol. The minimum Gasteiger partial charge on any atom is -0.214 e. The molecular formula is C17H17FeSi. The molecule has 0 aliphatic carbocycles. The van der Waals surface area contributed by atoms with Gasteiger partial charge in [-0.25, -0.2) is 24.3 Å². The Morgan fingerprint density at radius 3 is 1.95 bits per heavy atom. The second-order valence-electron chi connectivity index (χ2n) is 4.13. The molecule has 0 nitrogen and oxygen atoms in total. The van der Waals surface area contributed by atoms with Crippen molar-refractivity contribution in [2.45, 2.75) is 6.55 Å². The van der Waals surface area contributed by atoms with E-state index in [2.05, 4.69) is 61.1 Å². The van der Waals surface area contributed by atoms with Crippen LogP contribution in [0.3, 0.4) is 0 Å². The van der Waals surface area contributed by atoms with Crippen LogP contribution in [0.25, 0.3) is 0 Å². The zero-order chi connectivity index (χ0) is 12.6. The minimum absolute atomic E-state index is 0. The Morgan fingerprint density at radius 2 is 1.47 bits per heavy atom. The largest absolute Gasteiger partial charge is 2.00 e. The van der Waals surface area contributed by atoms with Crippen molar-refractivity contribution in [1.82, 2.24) is 0 Å². The van der Waals surface area contributed by atoms with Crippen LogP contribution in [-0.2, 0) is 17.1 Å². The first kappa shape index (κ1) is 15.7. The van der Waals surface area contributed by atoms with E-state index in [1.807, 2.05) is 30.3 Å². The summed E-state index contributed by atoms with van der Waals surface area (Å²) >= 11 is 0. The summed E-state index contributed by atoms with van der Waals surface area (Å²) in [4.78, 5) is 0. The van der Waals surface area contributed by atoms with Crippen molar-refractivity contribution in [2.24, 2.45) is 0 Å². The molecule has 97 valence electrons. The van der Waals surface area contributed by atoms with E-state index in [1.54, 1.807) is 0 Å². The van der Waals surface area contributed by atoms with E-state index in [-0.39, 0.29) is 17.1 Å². The van der Waals surface area contributed by atoms with Gasteiger partial charge in [-0.2, -0.15) is 35.5 Å². The fourth-order valence-electron chi connectivity index (χ4n) is 1.80. The molecule has 0 unspecified atom stereocenters. The molecule has 19 heavy (non-hydrogen) atoms. The van der Waals surface area contributed by atoms with Gasteiger partial charge in [-0.3, -0.25) is 0 Å². The molecule has 0 aromatic heterocycles. The maximum Gasteiger partial charge on any atom is 2.00 e. The number of hydrogen-bond acceptors (Lipinski definition) is 0. The zero-order valence-corrected chi connectivity index (χ0v) is 13.0. The van der Waals surface area contributed by atoms with Gasteiger partial charge in [-0.15, -0.1) is 0 Å². The van der Waals surface area contributed by atoms with Gasteiger partial charge in [0.05, 0.1) is 8.80 Å². The molecule has 1 radical (unpaired) electrons. The average Bonchev–Trinajstić information content (AvgIpc) is 3.14. The van der Waals surface area contributed by atoms with E-state index >= 15 is 0 Å². The molecule has 0 aliphatic rings. The van der Waals surface area contributed by atoms with Crippen molar-refractivity contribution in [3.63, 3.8) is 0 Å². The molecule has 0 heterocycles. The summed E-state index contributed by atoms with van der Waals surface area (Å²) in [6.07, 6.45) is 0. The fraction of sp³-hybridized carbons (Fsp3) is 0.0588. The quantitative estimate of drug-likeness (QED) is 0.504. The fourth-order valence-corrected chi connectivity index (χ4v) is 3.52. The van der Waals surface area contributed by atoms with Gasteiger partial charge in [0.1, 0.15) is 0 Å². The maximum absolute atomic E-state index is 2.34. The third-order valence-electron chi connectivity index (χ3n) is 2.86. The molecule has 0 saturated heterocycles. The zero-order valence-electron chi connectivity index (χ0n) is 10.9. The topological polar surface area (TPSA) is 0 Å². The molecule has 0 atom stereocenters. The van der Waals surface area contributed by atoms with Gasteiger partial charge in [0.15, 0.2) is 0 Å². The predicted molar refractivity (Wildman–Crippen MR) is 81.4 cm³/mol. The summed E-state index contributed by atoms with van der Waals surface area (Å²) in [6, 6.07) is 29.4. The van der Waals surface area contributed by atoms with Gasteiger partial charge in [-0.05, 0) is 0 Å². The van der Waals surface area contributed by atoms with Crippen LogP contribution in [0, 0.1) is 0 Å². The van der Waals surface area contributed by atoms with Gasteiger partial charge in [-0.1, -0.05) is 42.1 Å². The summed E-state index contributed by atoms with van der Waals surface area (Å²) < 4.78 is 0. The van der Waals surface area contributed by atoms with Crippen LogP contribution in [0.15, 0.2) is 84.9 Å². The molecule has 0 aliphatic heterocycles. The van der Waals surface area contributed by atoms with E-state index in [0.717, 1.165) is 0 Å². The Balaban J connectivity index is 0.000000256. The van der Waals surface area contributed by atoms with Gasteiger partial charge in [0, 0.05) is 0 Å². The SMILES string of the molecule is C[Si](c1ccccc1)c1ccc[cH-]1.[Fe+2].c1cc[cH-]c1. The van der Waals surface area contributed by atoms with E-state index < -0.39 is 8.80 Å². The molecule has 0 saturated carbocycles. The summed E-state index contributed by atoms with van der Waals surface area (Å²) in [5.74, 6) is 0. The minimum atomic E-state index is -0.502. The smallest absolute Gasteiger partial charge is 0.214 e. The molecule has 3 aromatic carbocycles. The van der Waals surface area contributed by atoms with Crippen molar-refractivity contribution in [1.29, 1.82) is 0 Å². The number of rotatable bonds is 2. The van der Waals surface area contributed by atoms with Crippen molar-refractivity contribution < 1.29 is 17.1 Å². The Hall–Kier alpha value is -1.34. The Kier molecular flexibility index (Phi) is 7.20. The molecule has 0 fully saturated rings. The summed E-state index contributed by atoms with van der Waals surface area (Å²) in [5.41, 5.74) is 0. The van der Waals surface area contributed by atoms with Crippen LogP contribution in [0.1, 0.15) is 0 Å². The predicted octanol–water partition coefficient (Wildman–Crippen LogP) is 3.05. The molecule has 0 N–H and O–H groups in total. The molecule has 0 spiro atoms. The van der Waals surface area contributed by atoms with Crippen LogP contribution in [-0.4, -0.2) is 8.80 Å². The number of hydrogen-bond donors (Lipinski definition) is 0.